The number of rotatable bonds is 3. The Kier molecular flexibility index (Phi) is 4.26. The molecule has 1 aromatic carbocycles. The Labute approximate surface area is 139 Å². The number of fused-ring (bicyclic) bond motifs is 1. The summed E-state index contributed by atoms with van der Waals surface area (Å²) in [6, 6.07) is 11.0. The van der Waals surface area contributed by atoms with E-state index in [1.54, 1.807) is 12.1 Å². The average molecular weight is 347 g/mol. The lowest BCUT2D eigenvalue weighted by molar-refractivity contribution is 0.0606. The molecule has 3 aromatic rings. The monoisotopic (exact) mass is 347 g/mol. The van der Waals surface area contributed by atoms with Gasteiger partial charge in [-0.15, -0.1) is 16.4 Å². The van der Waals surface area contributed by atoms with E-state index in [1.165, 1.54) is 18.4 Å². The molecule has 0 atom stereocenters. The van der Waals surface area contributed by atoms with Crippen LogP contribution in [0.5, 0.6) is 0 Å². The highest BCUT2D eigenvalue weighted by molar-refractivity contribution is 7.16. The zero-order chi connectivity index (χ0) is 16.4. The number of thiophene rings is 1. The second kappa shape index (κ2) is 6.35. The summed E-state index contributed by atoms with van der Waals surface area (Å²) >= 11 is 2.55. The van der Waals surface area contributed by atoms with Gasteiger partial charge in [-0.05, 0) is 24.3 Å². The molecule has 6 nitrogen and oxygen atoms in total. The Hall–Kier alpha value is -2.45. The third kappa shape index (κ3) is 3.03. The van der Waals surface area contributed by atoms with E-state index >= 15 is 0 Å². The number of thiazole rings is 1. The first-order valence-corrected chi connectivity index (χ1v) is 8.30. The third-order valence-electron chi connectivity index (χ3n) is 3.18. The van der Waals surface area contributed by atoms with Crippen molar-refractivity contribution in [2.24, 2.45) is 12.1 Å². The van der Waals surface area contributed by atoms with Crippen LogP contribution in [0.25, 0.3) is 10.2 Å². The quantitative estimate of drug-likeness (QED) is 0.584. The Bertz CT molecular complexity index is 952. The number of nitrogens with one attached hydrogen (secondary N) is 1. The van der Waals surface area contributed by atoms with Gasteiger partial charge in [0.05, 0.1) is 22.2 Å². The van der Waals surface area contributed by atoms with Crippen LogP contribution in [0.4, 0.5) is 0 Å². The smallest absolute Gasteiger partial charge is 0.348 e. The zero-order valence-electron chi connectivity index (χ0n) is 12.4. The number of aryl methyl sites for hydroxylation is 1. The lowest BCUT2D eigenvalue weighted by atomic mass is 10.3. The van der Waals surface area contributed by atoms with Gasteiger partial charge in [0.15, 0.2) is 0 Å². The lowest BCUT2D eigenvalue weighted by Gasteiger charge is -1.96. The molecule has 0 radical (unpaired) electrons. The molecule has 118 valence electrons. The summed E-state index contributed by atoms with van der Waals surface area (Å²) in [7, 11) is 3.20. The van der Waals surface area contributed by atoms with Gasteiger partial charge in [-0.25, -0.2) is 10.2 Å². The van der Waals surface area contributed by atoms with E-state index < -0.39 is 5.97 Å². The van der Waals surface area contributed by atoms with E-state index in [0.29, 0.717) is 14.6 Å². The van der Waals surface area contributed by atoms with Crippen LogP contribution in [-0.2, 0) is 11.8 Å². The molecule has 0 aliphatic rings. The van der Waals surface area contributed by atoms with Crippen molar-refractivity contribution in [2.75, 3.05) is 7.11 Å². The van der Waals surface area contributed by atoms with Gasteiger partial charge >= 0.3 is 5.97 Å². The number of hydrogen-bond acceptors (Lipinski definition) is 6. The highest BCUT2D eigenvalue weighted by Crippen LogP contribution is 2.17. The molecule has 1 amide bonds. The summed E-state index contributed by atoms with van der Waals surface area (Å²) in [6.45, 7) is 0. The number of hydrogen-bond donors (Lipinski definition) is 1. The summed E-state index contributed by atoms with van der Waals surface area (Å²) in [5, 5.41) is 4.17. The van der Waals surface area contributed by atoms with Crippen LogP contribution in [0.3, 0.4) is 0 Å². The van der Waals surface area contributed by atoms with Crippen LogP contribution in [0.2, 0.25) is 0 Å². The molecule has 2 heterocycles. The molecule has 0 fully saturated rings. The summed E-state index contributed by atoms with van der Waals surface area (Å²) in [6.07, 6.45) is 0. The molecular formula is C15H13N3O3S2. The molecule has 8 heteroatoms. The van der Waals surface area contributed by atoms with Crippen molar-refractivity contribution in [3.63, 3.8) is 0 Å². The van der Waals surface area contributed by atoms with Crippen molar-refractivity contribution in [2.45, 2.75) is 0 Å². The molecule has 0 saturated carbocycles. The largest absolute Gasteiger partial charge is 0.465 e. The van der Waals surface area contributed by atoms with Gasteiger partial charge in [-0.1, -0.05) is 23.5 Å². The fraction of sp³-hybridized carbons (Fsp3) is 0.133. The van der Waals surface area contributed by atoms with E-state index in [1.807, 2.05) is 35.9 Å². The van der Waals surface area contributed by atoms with Crippen molar-refractivity contribution in [3.05, 3.63) is 51.0 Å². The van der Waals surface area contributed by atoms with Crippen molar-refractivity contribution in [1.82, 2.24) is 9.99 Å². The van der Waals surface area contributed by atoms with Crippen molar-refractivity contribution in [3.8, 4) is 0 Å². The minimum absolute atomic E-state index is 0.359. The van der Waals surface area contributed by atoms with Crippen LogP contribution < -0.4 is 10.2 Å². The first-order chi connectivity index (χ1) is 11.1. The number of aromatic nitrogens is 1. The number of ether oxygens (including phenoxy) is 1. The predicted octanol–water partition coefficient (Wildman–Crippen LogP) is 2.33. The Balaban J connectivity index is 1.83. The molecule has 1 N–H and O–H groups in total. The van der Waals surface area contributed by atoms with Gasteiger partial charge in [0.25, 0.3) is 5.91 Å². The molecule has 0 spiro atoms. The van der Waals surface area contributed by atoms with E-state index in [2.05, 4.69) is 15.3 Å². The molecule has 3 rings (SSSR count). The van der Waals surface area contributed by atoms with Gasteiger partial charge in [-0.3, -0.25) is 4.79 Å². The van der Waals surface area contributed by atoms with E-state index in [-0.39, 0.29) is 5.91 Å². The zero-order valence-corrected chi connectivity index (χ0v) is 14.0. The maximum absolute atomic E-state index is 12.1. The first-order valence-electron chi connectivity index (χ1n) is 6.67. The molecule has 0 aliphatic carbocycles. The fourth-order valence-electron chi connectivity index (χ4n) is 2.01. The van der Waals surface area contributed by atoms with E-state index in [0.717, 1.165) is 21.6 Å². The molecule has 23 heavy (non-hydrogen) atoms. The van der Waals surface area contributed by atoms with Crippen LogP contribution in [0, 0.1) is 0 Å². The predicted molar refractivity (Wildman–Crippen MR) is 89.5 cm³/mol. The highest BCUT2D eigenvalue weighted by atomic mass is 32.1. The topological polar surface area (TPSA) is 72.7 Å². The number of benzene rings is 1. The molecule has 0 unspecified atom stereocenters. The number of carbonyl (C=O) groups excluding carboxylic acids is 2. The number of amides is 1. The molecule has 0 aliphatic heterocycles. The van der Waals surface area contributed by atoms with Gasteiger partial charge < -0.3 is 9.30 Å². The van der Waals surface area contributed by atoms with E-state index in [4.69, 9.17) is 0 Å². The van der Waals surface area contributed by atoms with Crippen LogP contribution in [0.1, 0.15) is 19.3 Å². The maximum atomic E-state index is 12.1. The van der Waals surface area contributed by atoms with Gasteiger partial charge in [0.1, 0.15) is 4.88 Å². The SMILES string of the molecule is COC(=O)c1ccc(C(=O)NN=c2sc3ccccc3n2C)s1. The van der Waals surface area contributed by atoms with Crippen LogP contribution in [-0.4, -0.2) is 23.6 Å². The molecular weight excluding hydrogens is 334 g/mol. The highest BCUT2D eigenvalue weighted by Gasteiger charge is 2.13. The average Bonchev–Trinajstić information content (AvgIpc) is 3.18. The lowest BCUT2D eigenvalue weighted by Crippen LogP contribution is -2.22. The van der Waals surface area contributed by atoms with Gasteiger partial charge in [-0.2, -0.15) is 0 Å². The Morgan fingerprint density at radius 2 is 1.87 bits per heavy atom. The molecule has 0 bridgehead atoms. The van der Waals surface area contributed by atoms with Gasteiger partial charge in [0, 0.05) is 7.05 Å². The summed E-state index contributed by atoms with van der Waals surface area (Å²) in [5.41, 5.74) is 3.57. The van der Waals surface area contributed by atoms with Crippen LogP contribution >= 0.6 is 22.7 Å². The molecule has 2 aromatic heterocycles. The number of carbonyl (C=O) groups is 2. The minimum Gasteiger partial charge on any atom is -0.465 e. The van der Waals surface area contributed by atoms with Crippen LogP contribution in [0.15, 0.2) is 41.5 Å². The van der Waals surface area contributed by atoms with Crippen molar-refractivity contribution in [1.29, 1.82) is 0 Å². The number of esters is 1. The van der Waals surface area contributed by atoms with E-state index in [9.17, 15) is 9.59 Å². The summed E-state index contributed by atoms with van der Waals surface area (Å²) < 4.78 is 7.62. The third-order valence-corrected chi connectivity index (χ3v) is 5.36. The second-order valence-electron chi connectivity index (χ2n) is 4.62. The number of methoxy groups -OCH3 is 1. The standard InChI is InChI=1S/C15H13N3O3S2/c1-18-9-5-3-4-6-10(9)23-15(18)17-16-13(19)11-7-8-12(22-11)14(20)21-2/h3-8H,1-2H3,(H,16,19). The molecule has 0 saturated heterocycles. The minimum atomic E-state index is -0.457. The number of nitrogens with zero attached hydrogens (tertiary/aromatic N) is 2. The first kappa shape index (κ1) is 15.4. The van der Waals surface area contributed by atoms with Crippen molar-refractivity contribution >= 4 is 44.8 Å². The second-order valence-corrected chi connectivity index (χ2v) is 6.71. The fourth-order valence-corrected chi connectivity index (χ4v) is 3.81. The summed E-state index contributed by atoms with van der Waals surface area (Å²) in [5.74, 6) is -0.815. The number of para-hydroxylation sites is 1. The maximum Gasteiger partial charge on any atom is 0.348 e. The van der Waals surface area contributed by atoms with Gasteiger partial charge in [0.2, 0.25) is 4.80 Å². The Morgan fingerprint density at radius 1 is 1.13 bits per heavy atom. The normalized spacial score (nSPS) is 11.7. The van der Waals surface area contributed by atoms with Crippen molar-refractivity contribution < 1.29 is 14.3 Å². The Morgan fingerprint density at radius 3 is 2.61 bits per heavy atom. The summed E-state index contributed by atoms with van der Waals surface area (Å²) in [4.78, 5) is 25.0.